The molecule has 0 saturated carbocycles. The number of amides is 1. The van der Waals surface area contributed by atoms with Gasteiger partial charge in [-0.05, 0) is 43.7 Å². The molecular weight excluding hydrogens is 487 g/mol. The molecular formula is C21H30Cl2N6O3S. The Morgan fingerprint density at radius 3 is 2.45 bits per heavy atom. The van der Waals surface area contributed by atoms with E-state index < -0.39 is 22.1 Å². The molecule has 0 bridgehead atoms. The monoisotopic (exact) mass is 516 g/mol. The number of carbonyl (C=O) groups excluding carboxylic acids is 1. The van der Waals surface area contributed by atoms with Crippen LogP contribution >= 0.6 is 23.2 Å². The van der Waals surface area contributed by atoms with E-state index in [1.165, 1.54) is 12.1 Å². The smallest absolute Gasteiger partial charge is 0.241 e. The maximum absolute atomic E-state index is 13.4. The van der Waals surface area contributed by atoms with Gasteiger partial charge in [-0.1, -0.05) is 36.5 Å². The fourth-order valence-electron chi connectivity index (χ4n) is 3.95. The molecule has 2 heterocycles. The van der Waals surface area contributed by atoms with Crippen LogP contribution in [0, 0.1) is 5.92 Å². The minimum atomic E-state index is -4.11. The van der Waals surface area contributed by atoms with Crippen molar-refractivity contribution in [1.82, 2.24) is 19.6 Å². The first-order valence-electron chi connectivity index (χ1n) is 10.9. The molecule has 2 aromatic rings. The van der Waals surface area contributed by atoms with Crippen molar-refractivity contribution < 1.29 is 13.2 Å². The largest absolute Gasteiger partial charge is 0.396 e. The number of halogens is 2. The number of hydrogen-bond donors (Lipinski definition) is 4. The Hall–Kier alpha value is -1.85. The van der Waals surface area contributed by atoms with Gasteiger partial charge in [-0.15, -0.1) is 0 Å². The summed E-state index contributed by atoms with van der Waals surface area (Å²) in [6.45, 7) is 3.33. The molecule has 6 N–H and O–H groups in total. The maximum Gasteiger partial charge on any atom is 0.241 e. The van der Waals surface area contributed by atoms with E-state index in [0.29, 0.717) is 31.3 Å². The summed E-state index contributed by atoms with van der Waals surface area (Å²) in [6, 6.07) is 0.970. The van der Waals surface area contributed by atoms with Crippen LogP contribution in [0.2, 0.25) is 10.0 Å². The molecule has 0 spiro atoms. The Labute approximate surface area is 204 Å². The topological polar surface area (TPSA) is 147 Å². The quantitative estimate of drug-likeness (QED) is 0.376. The number of aromatic amines is 1. The lowest BCUT2D eigenvalue weighted by Crippen LogP contribution is -2.50. The molecule has 1 aromatic heterocycles. The number of imidazole rings is 1. The number of rotatable bonds is 9. The lowest BCUT2D eigenvalue weighted by atomic mass is 9.94. The van der Waals surface area contributed by atoms with E-state index in [9.17, 15) is 13.2 Å². The predicted molar refractivity (Wildman–Crippen MR) is 129 cm³/mol. The summed E-state index contributed by atoms with van der Waals surface area (Å²) in [5, 5.41) is 0.0412. The van der Waals surface area contributed by atoms with Crippen LogP contribution in [0.1, 0.15) is 50.9 Å². The number of anilines is 1. The summed E-state index contributed by atoms with van der Waals surface area (Å²) in [5.41, 5.74) is 12.0. The van der Waals surface area contributed by atoms with E-state index in [1.54, 1.807) is 17.3 Å². The average Bonchev–Trinajstić information content (AvgIpc) is 3.34. The lowest BCUT2D eigenvalue weighted by Gasteiger charge is -2.34. The van der Waals surface area contributed by atoms with Crippen molar-refractivity contribution in [3.63, 3.8) is 0 Å². The average molecular weight is 517 g/mol. The van der Waals surface area contributed by atoms with Crippen molar-refractivity contribution in [2.75, 3.05) is 18.8 Å². The van der Waals surface area contributed by atoms with Gasteiger partial charge in [0.25, 0.3) is 0 Å². The van der Waals surface area contributed by atoms with Gasteiger partial charge in [0.15, 0.2) is 0 Å². The number of benzene rings is 1. The van der Waals surface area contributed by atoms with Crippen molar-refractivity contribution in [2.45, 2.75) is 56.0 Å². The van der Waals surface area contributed by atoms with Crippen LogP contribution < -0.4 is 16.2 Å². The molecule has 9 nitrogen and oxygen atoms in total. The number of sulfonamides is 1. The summed E-state index contributed by atoms with van der Waals surface area (Å²) in [6.07, 6.45) is 6.66. The van der Waals surface area contributed by atoms with Gasteiger partial charge < -0.3 is 21.4 Å². The minimum Gasteiger partial charge on any atom is -0.396 e. The van der Waals surface area contributed by atoms with Crippen molar-refractivity contribution in [3.8, 4) is 0 Å². The third-order valence-electron chi connectivity index (χ3n) is 6.10. The first-order chi connectivity index (χ1) is 15.6. The van der Waals surface area contributed by atoms with Gasteiger partial charge in [-0.2, -0.15) is 4.72 Å². The number of likely N-dealkylation sites (tertiary alicyclic amines) is 1. The van der Waals surface area contributed by atoms with Gasteiger partial charge in [0, 0.05) is 25.5 Å². The van der Waals surface area contributed by atoms with E-state index in [-0.39, 0.29) is 33.0 Å². The number of piperidine rings is 1. The van der Waals surface area contributed by atoms with E-state index in [2.05, 4.69) is 21.6 Å². The molecule has 1 aliphatic rings. The summed E-state index contributed by atoms with van der Waals surface area (Å²) in [7, 11) is -4.11. The highest BCUT2D eigenvalue weighted by molar-refractivity contribution is 7.89. The van der Waals surface area contributed by atoms with Gasteiger partial charge in [-0.25, -0.2) is 13.4 Å². The summed E-state index contributed by atoms with van der Waals surface area (Å²) in [5.74, 6) is 0.882. The van der Waals surface area contributed by atoms with Crippen molar-refractivity contribution in [3.05, 3.63) is 40.4 Å². The van der Waals surface area contributed by atoms with E-state index in [0.717, 1.165) is 19.3 Å². The molecule has 0 aliphatic carbocycles. The Morgan fingerprint density at radius 2 is 1.91 bits per heavy atom. The molecule has 1 fully saturated rings. The van der Waals surface area contributed by atoms with Crippen LogP contribution in [0.5, 0.6) is 0 Å². The number of carbonyl (C=O) groups is 1. The van der Waals surface area contributed by atoms with Crippen LogP contribution in [-0.2, 0) is 14.8 Å². The van der Waals surface area contributed by atoms with Gasteiger partial charge in [-0.3, -0.25) is 4.79 Å². The molecule has 0 radical (unpaired) electrons. The first-order valence-corrected chi connectivity index (χ1v) is 13.2. The Kier molecular flexibility index (Phi) is 8.63. The van der Waals surface area contributed by atoms with Gasteiger partial charge in [0.2, 0.25) is 15.9 Å². The second-order valence-corrected chi connectivity index (χ2v) is 10.8. The third kappa shape index (κ3) is 6.39. The summed E-state index contributed by atoms with van der Waals surface area (Å²) < 4.78 is 28.8. The van der Waals surface area contributed by atoms with Gasteiger partial charge in [0.1, 0.15) is 11.9 Å². The van der Waals surface area contributed by atoms with Crippen LogP contribution in [0.25, 0.3) is 0 Å². The first kappa shape index (κ1) is 25.8. The zero-order chi connectivity index (χ0) is 24.2. The zero-order valence-electron chi connectivity index (χ0n) is 18.4. The van der Waals surface area contributed by atoms with Crippen molar-refractivity contribution >= 4 is 44.8 Å². The fraction of sp³-hybridized carbons (Fsp3) is 0.524. The fourth-order valence-corrected chi connectivity index (χ4v) is 5.84. The second kappa shape index (κ2) is 11.1. The third-order valence-corrected chi connectivity index (χ3v) is 8.18. The highest BCUT2D eigenvalue weighted by Crippen LogP contribution is 2.31. The van der Waals surface area contributed by atoms with Crippen LogP contribution in [-0.4, -0.2) is 48.3 Å². The predicted octanol–water partition coefficient (Wildman–Crippen LogP) is 3.07. The van der Waals surface area contributed by atoms with Crippen LogP contribution in [0.4, 0.5) is 5.69 Å². The highest BCUT2D eigenvalue weighted by Gasteiger charge is 2.32. The Morgan fingerprint density at radius 1 is 1.27 bits per heavy atom. The molecule has 1 aliphatic heterocycles. The normalized spacial score (nSPS) is 17.2. The molecule has 33 heavy (non-hydrogen) atoms. The molecule has 2 unspecified atom stereocenters. The molecule has 3 rings (SSSR count). The van der Waals surface area contributed by atoms with Gasteiger partial charge >= 0.3 is 0 Å². The molecule has 1 aromatic carbocycles. The lowest BCUT2D eigenvalue weighted by molar-refractivity contribution is -0.134. The Balaban J connectivity index is 1.80. The molecule has 2 atom stereocenters. The molecule has 1 amide bonds. The number of nitrogens with zero attached hydrogens (tertiary/aromatic N) is 2. The Bertz CT molecular complexity index is 1030. The van der Waals surface area contributed by atoms with E-state index in [4.69, 9.17) is 34.7 Å². The highest BCUT2D eigenvalue weighted by atomic mass is 35.5. The summed E-state index contributed by atoms with van der Waals surface area (Å²) >= 11 is 12.1. The van der Waals surface area contributed by atoms with E-state index >= 15 is 0 Å². The standard InChI is InChI=1S/C21H30Cl2N6O3S/c1-2-13-5-9-29(10-6-13)21(30)18(4-3-17(24)20-26-7-8-27-20)28-33(31,32)14-11-15(22)19(25)16(23)12-14/h7-8,11-13,17-18,28H,2-6,9-10,24-25H2,1H3,(H,26,27). The molecule has 1 saturated heterocycles. The van der Waals surface area contributed by atoms with Crippen LogP contribution in [0.3, 0.4) is 0 Å². The number of nitrogen functional groups attached to an aromatic ring is 1. The number of nitrogens with one attached hydrogen (secondary N) is 2. The number of H-pyrrole nitrogens is 1. The SMILES string of the molecule is CCC1CCN(C(=O)C(CCC(N)c2ncc[nH]2)NS(=O)(=O)c2cc(Cl)c(N)c(Cl)c2)CC1. The summed E-state index contributed by atoms with van der Waals surface area (Å²) in [4.78, 5) is 22.0. The van der Waals surface area contributed by atoms with E-state index in [1.807, 2.05) is 0 Å². The van der Waals surface area contributed by atoms with Crippen molar-refractivity contribution in [2.24, 2.45) is 11.7 Å². The number of aromatic nitrogens is 2. The van der Waals surface area contributed by atoms with Crippen molar-refractivity contribution in [1.29, 1.82) is 0 Å². The maximum atomic E-state index is 13.4. The number of hydrogen-bond acceptors (Lipinski definition) is 6. The second-order valence-electron chi connectivity index (χ2n) is 8.31. The molecule has 182 valence electrons. The minimum absolute atomic E-state index is 0.0206. The van der Waals surface area contributed by atoms with Gasteiger partial charge in [0.05, 0.1) is 26.7 Å². The van der Waals surface area contributed by atoms with Crippen LogP contribution in [0.15, 0.2) is 29.4 Å². The zero-order valence-corrected chi connectivity index (χ0v) is 20.8. The molecule has 12 heteroatoms. The number of nitrogens with two attached hydrogens (primary N) is 2.